The maximum absolute atomic E-state index is 12.2. The SMILES string of the molecule is CC/C=C\C/C=C\C/C=C\C/C=C\C/C=C\C/C=C\CCCCC(=O)NC(CO)C(O)/C=C/CC/C=C/CC/C=C/CC. The lowest BCUT2D eigenvalue weighted by Crippen LogP contribution is -2.45. The van der Waals surface area contributed by atoms with Crippen molar-refractivity contribution in [2.45, 2.75) is 122 Å². The standard InChI is InChI=1S/C39H61NO3/c1-3-5-7-9-11-13-15-16-17-18-19-20-21-22-23-24-25-27-29-31-33-35-39(43)40-37(36-41)38(42)34-32-30-28-26-14-12-10-8-6-4-2/h5-8,11,13-14,16-17,19-20,22-23,25-27,32,34,37-38,41-42H,3-4,9-10,12,15,18,21,24,28-31,33,35-36H2,1-2H3,(H,40,43)/b7-5-,8-6+,13-11-,17-16-,20-19-,23-22-,26-14+,27-25-,34-32+. The lowest BCUT2D eigenvalue weighted by molar-refractivity contribution is -0.123. The van der Waals surface area contributed by atoms with Gasteiger partial charge in [0.25, 0.3) is 0 Å². The number of unbranched alkanes of at least 4 members (excludes halogenated alkanes) is 4. The molecule has 0 aliphatic carbocycles. The molecule has 0 radical (unpaired) electrons. The number of aliphatic hydroxyl groups is 2. The Morgan fingerprint density at radius 3 is 1.44 bits per heavy atom. The van der Waals surface area contributed by atoms with Gasteiger partial charge in [-0.05, 0) is 89.9 Å². The first-order valence-corrected chi connectivity index (χ1v) is 16.6. The van der Waals surface area contributed by atoms with Crippen LogP contribution in [0, 0.1) is 0 Å². The van der Waals surface area contributed by atoms with E-state index in [4.69, 9.17) is 0 Å². The molecule has 43 heavy (non-hydrogen) atoms. The minimum Gasteiger partial charge on any atom is -0.394 e. The third-order valence-electron chi connectivity index (χ3n) is 6.48. The van der Waals surface area contributed by atoms with Gasteiger partial charge in [0.2, 0.25) is 5.91 Å². The van der Waals surface area contributed by atoms with Gasteiger partial charge in [-0.3, -0.25) is 4.79 Å². The topological polar surface area (TPSA) is 69.6 Å². The summed E-state index contributed by atoms with van der Waals surface area (Å²) in [5, 5.41) is 22.7. The third kappa shape index (κ3) is 30.3. The van der Waals surface area contributed by atoms with E-state index in [9.17, 15) is 15.0 Å². The summed E-state index contributed by atoms with van der Waals surface area (Å²) in [5.41, 5.74) is 0. The van der Waals surface area contributed by atoms with E-state index in [1.54, 1.807) is 6.08 Å². The molecule has 0 bridgehead atoms. The van der Waals surface area contributed by atoms with E-state index in [1.807, 2.05) is 6.08 Å². The summed E-state index contributed by atoms with van der Waals surface area (Å²) in [6.07, 6.45) is 51.7. The summed E-state index contributed by atoms with van der Waals surface area (Å²) in [5.74, 6) is -0.130. The van der Waals surface area contributed by atoms with E-state index in [0.717, 1.165) is 89.9 Å². The zero-order chi connectivity index (χ0) is 31.5. The van der Waals surface area contributed by atoms with Crippen molar-refractivity contribution in [2.75, 3.05) is 6.61 Å². The van der Waals surface area contributed by atoms with Gasteiger partial charge in [0.05, 0.1) is 18.8 Å². The highest BCUT2D eigenvalue weighted by atomic mass is 16.3. The van der Waals surface area contributed by atoms with Crippen LogP contribution in [0.15, 0.2) is 109 Å². The molecular weight excluding hydrogens is 530 g/mol. The van der Waals surface area contributed by atoms with Gasteiger partial charge < -0.3 is 15.5 Å². The van der Waals surface area contributed by atoms with Crippen molar-refractivity contribution in [3.05, 3.63) is 109 Å². The fourth-order valence-corrected chi connectivity index (χ4v) is 3.98. The average Bonchev–Trinajstić information content (AvgIpc) is 3.01. The van der Waals surface area contributed by atoms with Crippen LogP contribution < -0.4 is 5.32 Å². The molecule has 1 amide bonds. The summed E-state index contributed by atoms with van der Waals surface area (Å²) in [6, 6.07) is -0.673. The summed E-state index contributed by atoms with van der Waals surface area (Å²) in [4.78, 5) is 12.2. The monoisotopic (exact) mass is 591 g/mol. The van der Waals surface area contributed by atoms with E-state index < -0.39 is 12.1 Å². The third-order valence-corrected chi connectivity index (χ3v) is 6.48. The lowest BCUT2D eigenvalue weighted by atomic mass is 10.1. The average molecular weight is 592 g/mol. The van der Waals surface area contributed by atoms with Crippen molar-refractivity contribution >= 4 is 5.91 Å². The van der Waals surface area contributed by atoms with E-state index in [0.29, 0.717) is 6.42 Å². The van der Waals surface area contributed by atoms with E-state index >= 15 is 0 Å². The molecule has 4 nitrogen and oxygen atoms in total. The van der Waals surface area contributed by atoms with E-state index in [-0.39, 0.29) is 12.5 Å². The zero-order valence-corrected chi connectivity index (χ0v) is 27.2. The molecule has 4 heteroatoms. The Hall–Kier alpha value is -2.95. The van der Waals surface area contributed by atoms with E-state index in [2.05, 4.69) is 116 Å². The van der Waals surface area contributed by atoms with Gasteiger partial charge in [-0.2, -0.15) is 0 Å². The molecule has 0 rings (SSSR count). The molecule has 0 aliphatic rings. The highest BCUT2D eigenvalue weighted by molar-refractivity contribution is 5.76. The van der Waals surface area contributed by atoms with Gasteiger partial charge >= 0.3 is 0 Å². The Morgan fingerprint density at radius 1 is 0.558 bits per heavy atom. The number of hydrogen-bond donors (Lipinski definition) is 3. The molecule has 0 fully saturated rings. The molecule has 0 aromatic carbocycles. The van der Waals surface area contributed by atoms with Gasteiger partial charge in [-0.25, -0.2) is 0 Å². The molecule has 0 saturated heterocycles. The first-order chi connectivity index (χ1) is 21.2. The Kier molecular flexibility index (Phi) is 31.2. The van der Waals surface area contributed by atoms with Gasteiger partial charge in [0.1, 0.15) is 0 Å². The number of amides is 1. The zero-order valence-electron chi connectivity index (χ0n) is 27.2. The van der Waals surface area contributed by atoms with Crippen LogP contribution in [0.2, 0.25) is 0 Å². The number of carbonyl (C=O) groups is 1. The number of aliphatic hydroxyl groups excluding tert-OH is 2. The predicted octanol–water partition coefficient (Wildman–Crippen LogP) is 9.72. The largest absolute Gasteiger partial charge is 0.394 e. The second-order valence-corrected chi connectivity index (χ2v) is 10.4. The minimum absolute atomic E-state index is 0.130. The van der Waals surface area contributed by atoms with E-state index in [1.165, 1.54) is 0 Å². The number of rotatable bonds is 27. The number of nitrogens with one attached hydrogen (secondary N) is 1. The highest BCUT2D eigenvalue weighted by Crippen LogP contribution is 2.05. The van der Waals surface area contributed by atoms with Gasteiger partial charge in [-0.15, -0.1) is 0 Å². The normalized spacial score (nSPS) is 14.6. The Balaban J connectivity index is 3.86. The fourth-order valence-electron chi connectivity index (χ4n) is 3.98. The maximum Gasteiger partial charge on any atom is 0.220 e. The summed E-state index contributed by atoms with van der Waals surface area (Å²) < 4.78 is 0. The number of hydrogen-bond acceptors (Lipinski definition) is 3. The van der Waals surface area contributed by atoms with Crippen LogP contribution >= 0.6 is 0 Å². The molecule has 0 aliphatic heterocycles. The number of allylic oxidation sites excluding steroid dienone is 17. The predicted molar refractivity (Wildman–Crippen MR) is 188 cm³/mol. The second kappa shape index (κ2) is 33.6. The minimum atomic E-state index is -0.893. The van der Waals surface area contributed by atoms with Crippen LogP contribution in [-0.4, -0.2) is 34.9 Å². The van der Waals surface area contributed by atoms with Crippen LogP contribution in [0.5, 0.6) is 0 Å². The van der Waals surface area contributed by atoms with Crippen molar-refractivity contribution < 1.29 is 15.0 Å². The molecule has 2 atom stereocenters. The maximum atomic E-state index is 12.2. The first-order valence-electron chi connectivity index (χ1n) is 16.6. The lowest BCUT2D eigenvalue weighted by Gasteiger charge is -2.19. The molecular formula is C39H61NO3. The Labute approximate surface area is 264 Å². The van der Waals surface area contributed by atoms with Gasteiger partial charge in [0.15, 0.2) is 0 Å². The molecule has 0 aromatic heterocycles. The van der Waals surface area contributed by atoms with Crippen LogP contribution in [0.3, 0.4) is 0 Å². The summed E-state index contributed by atoms with van der Waals surface area (Å²) in [7, 11) is 0. The Morgan fingerprint density at radius 2 is 0.953 bits per heavy atom. The molecule has 0 heterocycles. The molecule has 3 N–H and O–H groups in total. The highest BCUT2D eigenvalue weighted by Gasteiger charge is 2.17. The number of carbonyl (C=O) groups excluding carboxylic acids is 1. The van der Waals surface area contributed by atoms with Crippen molar-refractivity contribution in [1.82, 2.24) is 5.32 Å². The van der Waals surface area contributed by atoms with Crippen molar-refractivity contribution in [2.24, 2.45) is 0 Å². The smallest absolute Gasteiger partial charge is 0.220 e. The van der Waals surface area contributed by atoms with Crippen LogP contribution in [0.4, 0.5) is 0 Å². The molecule has 240 valence electrons. The second-order valence-electron chi connectivity index (χ2n) is 10.4. The van der Waals surface area contributed by atoms with Crippen LogP contribution in [0.1, 0.15) is 110 Å². The van der Waals surface area contributed by atoms with Crippen LogP contribution in [-0.2, 0) is 4.79 Å². The molecule has 0 saturated carbocycles. The van der Waals surface area contributed by atoms with Crippen LogP contribution in [0.25, 0.3) is 0 Å². The van der Waals surface area contributed by atoms with Crippen molar-refractivity contribution in [3.8, 4) is 0 Å². The summed E-state index contributed by atoms with van der Waals surface area (Å²) >= 11 is 0. The Bertz CT molecular complexity index is 901. The van der Waals surface area contributed by atoms with Crippen molar-refractivity contribution in [3.63, 3.8) is 0 Å². The van der Waals surface area contributed by atoms with Gasteiger partial charge in [-0.1, -0.05) is 123 Å². The first kappa shape index (κ1) is 40.1. The molecule has 0 aromatic rings. The quantitative estimate of drug-likeness (QED) is 0.0658. The molecule has 0 spiro atoms. The van der Waals surface area contributed by atoms with Crippen molar-refractivity contribution in [1.29, 1.82) is 0 Å². The molecule has 2 unspecified atom stereocenters. The summed E-state index contributed by atoms with van der Waals surface area (Å²) in [6.45, 7) is 4.00. The van der Waals surface area contributed by atoms with Gasteiger partial charge in [0, 0.05) is 6.42 Å². The fraction of sp³-hybridized carbons (Fsp3) is 0.513.